The fourth-order valence-corrected chi connectivity index (χ4v) is 2.61. The highest BCUT2D eigenvalue weighted by Gasteiger charge is 2.33. The van der Waals surface area contributed by atoms with E-state index in [1.54, 1.807) is 0 Å². The van der Waals surface area contributed by atoms with Crippen molar-refractivity contribution in [3.63, 3.8) is 0 Å². The van der Waals surface area contributed by atoms with Crippen LogP contribution in [0.3, 0.4) is 0 Å². The van der Waals surface area contributed by atoms with Gasteiger partial charge in [-0.2, -0.15) is 0 Å². The molecule has 3 nitrogen and oxygen atoms in total. The molecule has 2 aliphatic rings. The molecular formula is C15H22ClN3. The van der Waals surface area contributed by atoms with Gasteiger partial charge in [-0.05, 0) is 43.2 Å². The second-order valence-corrected chi connectivity index (χ2v) is 6.51. The molecule has 1 aromatic rings. The van der Waals surface area contributed by atoms with E-state index >= 15 is 0 Å². The number of pyridine rings is 1. The third-order valence-electron chi connectivity index (χ3n) is 4.22. The average Bonchev–Trinajstić information content (AvgIpc) is 3.28. The second kappa shape index (κ2) is 5.29. The number of hydrogen-bond acceptors (Lipinski definition) is 3. The van der Waals surface area contributed by atoms with Crippen molar-refractivity contribution in [1.29, 1.82) is 0 Å². The van der Waals surface area contributed by atoms with E-state index in [4.69, 9.17) is 16.6 Å². The molecule has 1 N–H and O–H groups in total. The molecule has 1 heterocycles. The zero-order valence-electron chi connectivity index (χ0n) is 11.7. The smallest absolute Gasteiger partial charge is 0.128 e. The standard InChI is InChI=1S/C15H22ClN3/c1-10-7-11(10)9-19(2)15-6-5-13(16)14(18-15)8-17-12-3-4-12/h5-6,10-12,17H,3-4,7-9H2,1-2H3. The summed E-state index contributed by atoms with van der Waals surface area (Å²) in [6.07, 6.45) is 3.93. The van der Waals surface area contributed by atoms with E-state index in [0.717, 1.165) is 41.5 Å². The summed E-state index contributed by atoms with van der Waals surface area (Å²) in [4.78, 5) is 6.96. The first kappa shape index (κ1) is 13.2. The van der Waals surface area contributed by atoms with E-state index < -0.39 is 0 Å². The molecule has 3 rings (SSSR count). The van der Waals surface area contributed by atoms with Crippen LogP contribution in [0.5, 0.6) is 0 Å². The van der Waals surface area contributed by atoms with E-state index in [1.807, 2.05) is 12.1 Å². The van der Waals surface area contributed by atoms with Gasteiger partial charge in [-0.1, -0.05) is 18.5 Å². The summed E-state index contributed by atoms with van der Waals surface area (Å²) >= 11 is 6.22. The van der Waals surface area contributed by atoms with Gasteiger partial charge in [-0.25, -0.2) is 4.98 Å². The molecule has 104 valence electrons. The summed E-state index contributed by atoms with van der Waals surface area (Å²) in [6, 6.07) is 4.68. The fraction of sp³-hybridized carbons (Fsp3) is 0.667. The largest absolute Gasteiger partial charge is 0.359 e. The van der Waals surface area contributed by atoms with Gasteiger partial charge in [0, 0.05) is 26.2 Å². The zero-order chi connectivity index (χ0) is 13.4. The maximum Gasteiger partial charge on any atom is 0.128 e. The SMILES string of the molecule is CC1CC1CN(C)c1ccc(Cl)c(CNC2CC2)n1. The minimum absolute atomic E-state index is 0.687. The van der Waals surface area contributed by atoms with E-state index in [2.05, 4.69) is 24.2 Å². The Morgan fingerprint density at radius 3 is 2.79 bits per heavy atom. The number of nitrogens with zero attached hydrogens (tertiary/aromatic N) is 2. The first-order valence-corrected chi connectivity index (χ1v) is 7.61. The third-order valence-corrected chi connectivity index (χ3v) is 4.56. The molecule has 0 radical (unpaired) electrons. The van der Waals surface area contributed by atoms with Crippen LogP contribution in [0.2, 0.25) is 5.02 Å². The Balaban J connectivity index is 1.64. The number of nitrogens with one attached hydrogen (secondary N) is 1. The highest BCUT2D eigenvalue weighted by atomic mass is 35.5. The van der Waals surface area contributed by atoms with Crippen molar-refractivity contribution in [1.82, 2.24) is 10.3 Å². The van der Waals surface area contributed by atoms with Crippen LogP contribution in [0.25, 0.3) is 0 Å². The third kappa shape index (κ3) is 3.40. The van der Waals surface area contributed by atoms with Gasteiger partial charge in [0.15, 0.2) is 0 Å². The molecule has 0 saturated heterocycles. The molecule has 0 amide bonds. The number of anilines is 1. The van der Waals surface area contributed by atoms with Gasteiger partial charge in [-0.3, -0.25) is 0 Å². The normalized spacial score (nSPS) is 25.4. The number of rotatable bonds is 6. The van der Waals surface area contributed by atoms with Crippen molar-refractivity contribution in [3.8, 4) is 0 Å². The van der Waals surface area contributed by atoms with Crippen LogP contribution < -0.4 is 10.2 Å². The highest BCUT2D eigenvalue weighted by Crippen LogP contribution is 2.38. The molecular weight excluding hydrogens is 258 g/mol. The molecule has 19 heavy (non-hydrogen) atoms. The topological polar surface area (TPSA) is 28.2 Å². The van der Waals surface area contributed by atoms with E-state index in [0.29, 0.717) is 6.04 Å². The van der Waals surface area contributed by atoms with Gasteiger partial charge < -0.3 is 10.2 Å². The predicted molar refractivity (Wildman–Crippen MR) is 79.6 cm³/mol. The molecule has 0 aliphatic heterocycles. The minimum Gasteiger partial charge on any atom is -0.359 e. The molecule has 1 aromatic heterocycles. The summed E-state index contributed by atoms with van der Waals surface area (Å²) in [5.41, 5.74) is 0.974. The monoisotopic (exact) mass is 279 g/mol. The van der Waals surface area contributed by atoms with Gasteiger partial charge in [0.25, 0.3) is 0 Å². The highest BCUT2D eigenvalue weighted by molar-refractivity contribution is 6.31. The lowest BCUT2D eigenvalue weighted by molar-refractivity contribution is 0.670. The van der Waals surface area contributed by atoms with Crippen molar-refractivity contribution < 1.29 is 0 Å². The lowest BCUT2D eigenvalue weighted by Crippen LogP contribution is -2.23. The minimum atomic E-state index is 0.687. The maximum absolute atomic E-state index is 6.22. The summed E-state index contributed by atoms with van der Waals surface area (Å²) in [6.45, 7) is 4.20. The van der Waals surface area contributed by atoms with Crippen LogP contribution in [-0.2, 0) is 6.54 Å². The lowest BCUT2D eigenvalue weighted by Gasteiger charge is -2.19. The first-order chi connectivity index (χ1) is 9.13. The molecule has 0 spiro atoms. The summed E-state index contributed by atoms with van der Waals surface area (Å²) in [5.74, 6) is 2.76. The first-order valence-electron chi connectivity index (χ1n) is 7.23. The zero-order valence-corrected chi connectivity index (χ0v) is 12.5. The van der Waals surface area contributed by atoms with Crippen LogP contribution >= 0.6 is 11.6 Å². The van der Waals surface area contributed by atoms with Gasteiger partial charge in [-0.15, -0.1) is 0 Å². The molecule has 0 aromatic carbocycles. The van der Waals surface area contributed by atoms with E-state index in [1.165, 1.54) is 19.3 Å². The van der Waals surface area contributed by atoms with Crippen LogP contribution in [0.1, 0.15) is 31.9 Å². The summed E-state index contributed by atoms with van der Waals surface area (Å²) in [5, 5.41) is 4.24. The number of halogens is 1. The summed E-state index contributed by atoms with van der Waals surface area (Å²) in [7, 11) is 2.12. The van der Waals surface area contributed by atoms with Crippen LogP contribution in [0.15, 0.2) is 12.1 Å². The van der Waals surface area contributed by atoms with Gasteiger partial charge >= 0.3 is 0 Å². The lowest BCUT2D eigenvalue weighted by atomic mass is 10.3. The molecule has 2 fully saturated rings. The molecule has 2 atom stereocenters. The molecule has 0 bridgehead atoms. The van der Waals surface area contributed by atoms with Crippen LogP contribution in [-0.4, -0.2) is 24.6 Å². The van der Waals surface area contributed by atoms with Crippen LogP contribution in [0, 0.1) is 11.8 Å². The maximum atomic E-state index is 6.22. The van der Waals surface area contributed by atoms with Crippen molar-refractivity contribution >= 4 is 17.4 Å². The van der Waals surface area contributed by atoms with Crippen molar-refractivity contribution in [2.24, 2.45) is 11.8 Å². The Bertz CT molecular complexity index is 459. The number of hydrogen-bond donors (Lipinski definition) is 1. The van der Waals surface area contributed by atoms with Crippen molar-refractivity contribution in [2.75, 3.05) is 18.5 Å². The Morgan fingerprint density at radius 1 is 1.42 bits per heavy atom. The van der Waals surface area contributed by atoms with Crippen molar-refractivity contribution in [2.45, 2.75) is 38.8 Å². The predicted octanol–water partition coefficient (Wildman–Crippen LogP) is 3.08. The molecule has 2 saturated carbocycles. The van der Waals surface area contributed by atoms with Gasteiger partial charge in [0.2, 0.25) is 0 Å². The van der Waals surface area contributed by atoms with E-state index in [-0.39, 0.29) is 0 Å². The summed E-state index contributed by atoms with van der Waals surface area (Å²) < 4.78 is 0. The average molecular weight is 280 g/mol. The Morgan fingerprint density at radius 2 is 2.16 bits per heavy atom. The molecule has 2 aliphatic carbocycles. The van der Waals surface area contributed by atoms with Crippen molar-refractivity contribution in [3.05, 3.63) is 22.8 Å². The van der Waals surface area contributed by atoms with E-state index in [9.17, 15) is 0 Å². The second-order valence-electron chi connectivity index (χ2n) is 6.11. The Labute approximate surface area is 120 Å². The van der Waals surface area contributed by atoms with Crippen LogP contribution in [0.4, 0.5) is 5.82 Å². The van der Waals surface area contributed by atoms with Gasteiger partial charge in [0.05, 0.1) is 10.7 Å². The van der Waals surface area contributed by atoms with Gasteiger partial charge in [0.1, 0.15) is 5.82 Å². The number of aromatic nitrogens is 1. The quantitative estimate of drug-likeness (QED) is 0.867. The molecule has 4 heteroatoms. The fourth-order valence-electron chi connectivity index (χ4n) is 2.44. The Hall–Kier alpha value is -0.800. The Kier molecular flexibility index (Phi) is 3.68. The molecule has 2 unspecified atom stereocenters.